The van der Waals surface area contributed by atoms with Gasteiger partial charge < -0.3 is 0 Å². The van der Waals surface area contributed by atoms with Gasteiger partial charge in [-0.15, -0.1) is 0 Å². The fourth-order valence-corrected chi connectivity index (χ4v) is 3.63. The molecule has 31 heavy (non-hydrogen) atoms. The van der Waals surface area contributed by atoms with Crippen molar-refractivity contribution in [1.82, 2.24) is 20.6 Å². The van der Waals surface area contributed by atoms with E-state index in [2.05, 4.69) is 16.0 Å². The number of carbonyl (C=O) groups excluding carboxylic acids is 2. The normalized spacial score (nSPS) is 10.8. The third-order valence-electron chi connectivity index (χ3n) is 5.20. The van der Waals surface area contributed by atoms with E-state index in [1.165, 1.54) is 0 Å². The van der Waals surface area contributed by atoms with Crippen molar-refractivity contribution in [2.75, 3.05) is 0 Å². The number of hydrogen-bond acceptors (Lipinski definition) is 3. The molecular formula is C25H24N4O2. The highest BCUT2D eigenvalue weighted by atomic mass is 16.2. The average Bonchev–Trinajstić information content (AvgIpc) is 3.09. The molecule has 0 radical (unpaired) electrons. The van der Waals surface area contributed by atoms with Gasteiger partial charge in [-0.05, 0) is 53.9 Å². The number of hydrazine groups is 1. The largest absolute Gasteiger partial charge is 0.273 e. The maximum absolute atomic E-state index is 12.4. The van der Waals surface area contributed by atoms with Gasteiger partial charge in [0.25, 0.3) is 5.91 Å². The molecule has 0 aliphatic carbocycles. The molecule has 2 N–H and O–H groups in total. The van der Waals surface area contributed by atoms with Crippen molar-refractivity contribution in [3.05, 3.63) is 101 Å². The molecule has 0 unspecified atom stereocenters. The Morgan fingerprint density at radius 2 is 1.65 bits per heavy atom. The number of benzene rings is 3. The van der Waals surface area contributed by atoms with Crippen LogP contribution < -0.4 is 10.9 Å². The van der Waals surface area contributed by atoms with E-state index in [1.807, 2.05) is 79.2 Å². The van der Waals surface area contributed by atoms with Crippen molar-refractivity contribution < 1.29 is 9.59 Å². The lowest BCUT2D eigenvalue weighted by atomic mass is 10.0. The Morgan fingerprint density at radius 1 is 0.903 bits per heavy atom. The molecule has 0 atom stereocenters. The molecule has 0 spiro atoms. The van der Waals surface area contributed by atoms with E-state index in [0.29, 0.717) is 12.1 Å². The second kappa shape index (κ2) is 8.83. The van der Waals surface area contributed by atoms with E-state index in [-0.39, 0.29) is 18.2 Å². The monoisotopic (exact) mass is 412 g/mol. The van der Waals surface area contributed by atoms with Crippen LogP contribution in [0.4, 0.5) is 0 Å². The summed E-state index contributed by atoms with van der Waals surface area (Å²) >= 11 is 0. The number of fused-ring (bicyclic) bond motifs is 1. The Morgan fingerprint density at radius 3 is 2.39 bits per heavy atom. The molecule has 4 rings (SSSR count). The predicted molar refractivity (Wildman–Crippen MR) is 121 cm³/mol. The van der Waals surface area contributed by atoms with Crippen LogP contribution >= 0.6 is 0 Å². The van der Waals surface area contributed by atoms with Gasteiger partial charge in [-0.1, -0.05) is 54.6 Å². The summed E-state index contributed by atoms with van der Waals surface area (Å²) in [5.41, 5.74) is 9.50. The van der Waals surface area contributed by atoms with Gasteiger partial charge in [0.15, 0.2) is 0 Å². The highest BCUT2D eigenvalue weighted by molar-refractivity contribution is 5.96. The minimum atomic E-state index is -0.357. The Kier molecular flexibility index (Phi) is 5.80. The topological polar surface area (TPSA) is 76.0 Å². The van der Waals surface area contributed by atoms with E-state index in [1.54, 1.807) is 12.1 Å². The molecule has 0 saturated heterocycles. The number of nitrogens with zero attached hydrogens (tertiary/aromatic N) is 2. The summed E-state index contributed by atoms with van der Waals surface area (Å²) in [5, 5.41) is 6.57. The SMILES string of the molecule is Cc1cc(C)n(Cc2ccc(C(=O)NNC(=O)Cc3cccc4ccccc34)cc2)n1. The molecule has 1 aromatic heterocycles. The van der Waals surface area contributed by atoms with Crippen LogP contribution in [0.15, 0.2) is 72.8 Å². The Bertz CT molecular complexity index is 1240. The first-order chi connectivity index (χ1) is 15.0. The average molecular weight is 412 g/mol. The van der Waals surface area contributed by atoms with E-state index < -0.39 is 0 Å². The molecule has 0 aliphatic heterocycles. The van der Waals surface area contributed by atoms with Crippen molar-refractivity contribution in [2.24, 2.45) is 0 Å². The predicted octanol–water partition coefficient (Wildman–Crippen LogP) is 3.71. The van der Waals surface area contributed by atoms with Crippen LogP contribution in [0.1, 0.15) is 32.9 Å². The molecule has 1 heterocycles. The molecule has 6 nitrogen and oxygen atoms in total. The summed E-state index contributed by atoms with van der Waals surface area (Å²) in [5.74, 6) is -0.630. The maximum Gasteiger partial charge on any atom is 0.269 e. The Labute approximate surface area is 180 Å². The molecule has 0 saturated carbocycles. The lowest BCUT2D eigenvalue weighted by Crippen LogP contribution is -2.42. The van der Waals surface area contributed by atoms with Gasteiger partial charge in [-0.2, -0.15) is 5.10 Å². The van der Waals surface area contributed by atoms with E-state index in [0.717, 1.165) is 33.3 Å². The quantitative estimate of drug-likeness (QED) is 0.491. The summed E-state index contributed by atoms with van der Waals surface area (Å²) in [4.78, 5) is 24.7. The molecule has 0 aliphatic rings. The van der Waals surface area contributed by atoms with Crippen molar-refractivity contribution >= 4 is 22.6 Å². The standard InChI is InChI=1S/C25H24N4O2/c1-17-14-18(2)29(28-17)16-19-10-12-21(13-11-19)25(31)27-26-24(30)15-22-8-5-7-20-6-3-4-9-23(20)22/h3-14H,15-16H2,1-2H3,(H,26,30)(H,27,31). The molecular weight excluding hydrogens is 388 g/mol. The fraction of sp³-hybridized carbons (Fsp3) is 0.160. The van der Waals surface area contributed by atoms with Crippen molar-refractivity contribution in [3.63, 3.8) is 0 Å². The van der Waals surface area contributed by atoms with Crippen molar-refractivity contribution in [1.29, 1.82) is 0 Å². The maximum atomic E-state index is 12.4. The zero-order valence-corrected chi connectivity index (χ0v) is 17.6. The molecule has 6 heteroatoms. The molecule has 3 aromatic carbocycles. The molecule has 2 amide bonds. The van der Waals surface area contributed by atoms with Crippen molar-refractivity contribution in [3.8, 4) is 0 Å². The van der Waals surface area contributed by atoms with Gasteiger partial charge >= 0.3 is 0 Å². The zero-order chi connectivity index (χ0) is 21.8. The summed E-state index contributed by atoms with van der Waals surface area (Å²) < 4.78 is 1.93. The third-order valence-corrected chi connectivity index (χ3v) is 5.20. The molecule has 0 bridgehead atoms. The van der Waals surface area contributed by atoms with Crippen LogP contribution in [-0.4, -0.2) is 21.6 Å². The van der Waals surface area contributed by atoms with Gasteiger partial charge in [-0.3, -0.25) is 25.1 Å². The van der Waals surface area contributed by atoms with Gasteiger partial charge in [0.2, 0.25) is 5.91 Å². The number of amides is 2. The lowest BCUT2D eigenvalue weighted by molar-refractivity contribution is -0.121. The molecule has 156 valence electrons. The highest BCUT2D eigenvalue weighted by Gasteiger charge is 2.10. The first-order valence-corrected chi connectivity index (χ1v) is 10.2. The lowest BCUT2D eigenvalue weighted by Gasteiger charge is -2.10. The van der Waals surface area contributed by atoms with Crippen LogP contribution in [0.2, 0.25) is 0 Å². The van der Waals surface area contributed by atoms with Gasteiger partial charge in [0, 0.05) is 11.3 Å². The molecule has 0 fully saturated rings. The van der Waals surface area contributed by atoms with Gasteiger partial charge in [0.05, 0.1) is 18.7 Å². The van der Waals surface area contributed by atoms with E-state index >= 15 is 0 Å². The van der Waals surface area contributed by atoms with E-state index in [9.17, 15) is 9.59 Å². The van der Waals surface area contributed by atoms with Gasteiger partial charge in [-0.25, -0.2) is 0 Å². The third kappa shape index (κ3) is 4.80. The number of aromatic nitrogens is 2. The second-order valence-electron chi connectivity index (χ2n) is 7.60. The minimum Gasteiger partial charge on any atom is -0.273 e. The highest BCUT2D eigenvalue weighted by Crippen LogP contribution is 2.18. The fourth-order valence-electron chi connectivity index (χ4n) is 3.63. The van der Waals surface area contributed by atoms with Crippen LogP contribution in [-0.2, 0) is 17.8 Å². The number of carbonyl (C=O) groups is 2. The molecule has 4 aromatic rings. The first-order valence-electron chi connectivity index (χ1n) is 10.2. The van der Waals surface area contributed by atoms with Crippen LogP contribution in [0.5, 0.6) is 0 Å². The number of hydrogen-bond donors (Lipinski definition) is 2. The zero-order valence-electron chi connectivity index (χ0n) is 17.6. The van der Waals surface area contributed by atoms with Gasteiger partial charge in [0.1, 0.15) is 0 Å². The summed E-state index contributed by atoms with van der Waals surface area (Å²) in [6.45, 7) is 4.62. The number of nitrogens with one attached hydrogen (secondary N) is 2. The minimum absolute atomic E-state index is 0.184. The smallest absolute Gasteiger partial charge is 0.269 e. The van der Waals surface area contributed by atoms with Crippen LogP contribution in [0, 0.1) is 13.8 Å². The summed E-state index contributed by atoms with van der Waals surface area (Å²) in [7, 11) is 0. The Hall–Kier alpha value is -3.93. The first kappa shape index (κ1) is 20.3. The number of rotatable bonds is 5. The van der Waals surface area contributed by atoms with Crippen molar-refractivity contribution in [2.45, 2.75) is 26.8 Å². The summed E-state index contributed by atoms with van der Waals surface area (Å²) in [6, 6.07) is 23.1. The number of aryl methyl sites for hydroxylation is 2. The van der Waals surface area contributed by atoms with Crippen LogP contribution in [0.3, 0.4) is 0 Å². The van der Waals surface area contributed by atoms with E-state index in [4.69, 9.17) is 0 Å². The summed E-state index contributed by atoms with van der Waals surface area (Å²) in [6.07, 6.45) is 0.184. The second-order valence-corrected chi connectivity index (χ2v) is 7.60. The van der Waals surface area contributed by atoms with Crippen LogP contribution in [0.25, 0.3) is 10.8 Å². The Balaban J connectivity index is 1.34.